The molecule has 0 bridgehead atoms. The number of hydrogen-bond acceptors (Lipinski definition) is 3. The Labute approximate surface area is 200 Å². The highest BCUT2D eigenvalue weighted by molar-refractivity contribution is 5.98. The van der Waals surface area contributed by atoms with E-state index in [0.29, 0.717) is 33.6 Å². The minimum absolute atomic E-state index is 0.326. The van der Waals surface area contributed by atoms with Crippen LogP contribution in [0.3, 0.4) is 0 Å². The zero-order chi connectivity index (χ0) is 24.4. The van der Waals surface area contributed by atoms with Crippen molar-refractivity contribution >= 4 is 10.9 Å². The minimum Gasteiger partial charge on any atom is -0.477 e. The van der Waals surface area contributed by atoms with E-state index in [1.165, 1.54) is 17.7 Å². The molecule has 3 heterocycles. The zero-order valence-electron chi connectivity index (χ0n) is 19.4. The van der Waals surface area contributed by atoms with Crippen molar-refractivity contribution in [3.63, 3.8) is 0 Å². The molecule has 0 unspecified atom stereocenters. The number of para-hydroxylation sites is 2. The van der Waals surface area contributed by atoms with Gasteiger partial charge in [0.2, 0.25) is 0 Å². The number of ether oxygens (including phenoxy) is 1. The first kappa shape index (κ1) is 21.2. The van der Waals surface area contributed by atoms with E-state index < -0.39 is 23.2 Å². The third-order valence-corrected chi connectivity index (χ3v) is 6.80. The first-order valence-corrected chi connectivity index (χ1v) is 11.3. The molecule has 0 amide bonds. The van der Waals surface area contributed by atoms with E-state index in [0.717, 1.165) is 21.4 Å². The van der Waals surface area contributed by atoms with Crippen LogP contribution >= 0.6 is 0 Å². The molecule has 0 saturated carbocycles. The van der Waals surface area contributed by atoms with E-state index in [1.54, 1.807) is 25.2 Å². The molecule has 0 fully saturated rings. The van der Waals surface area contributed by atoms with Crippen molar-refractivity contribution in [2.75, 3.05) is 0 Å². The second kappa shape index (κ2) is 7.56. The largest absolute Gasteiger partial charge is 0.477 e. The molecular formula is C28H22FN3O3. The van der Waals surface area contributed by atoms with Crippen molar-refractivity contribution < 1.29 is 9.13 Å². The van der Waals surface area contributed by atoms with Gasteiger partial charge in [-0.3, -0.25) is 13.9 Å². The van der Waals surface area contributed by atoms with Crippen molar-refractivity contribution in [3.05, 3.63) is 116 Å². The average Bonchev–Trinajstić information content (AvgIpc) is 3.23. The summed E-state index contributed by atoms with van der Waals surface area (Å²) in [6.45, 7) is 1.98. The maximum absolute atomic E-state index is 15.1. The lowest BCUT2D eigenvalue weighted by molar-refractivity contribution is 0.224. The molecular weight excluding hydrogens is 445 g/mol. The van der Waals surface area contributed by atoms with Gasteiger partial charge >= 0.3 is 5.69 Å². The summed E-state index contributed by atoms with van der Waals surface area (Å²) in [5, 5.41) is 0.389. The molecule has 0 N–H and O–H groups in total. The van der Waals surface area contributed by atoms with E-state index in [4.69, 9.17) is 4.74 Å². The molecule has 7 heteroatoms. The summed E-state index contributed by atoms with van der Waals surface area (Å²) in [4.78, 5) is 26.7. The highest BCUT2D eigenvalue weighted by atomic mass is 19.1. The van der Waals surface area contributed by atoms with Crippen LogP contribution in [0.15, 0.2) is 82.4 Å². The third-order valence-electron chi connectivity index (χ3n) is 6.80. The second-order valence-electron chi connectivity index (χ2n) is 8.80. The van der Waals surface area contributed by atoms with Crippen molar-refractivity contribution in [2.45, 2.75) is 13.0 Å². The van der Waals surface area contributed by atoms with Crippen molar-refractivity contribution in [2.24, 2.45) is 14.1 Å². The van der Waals surface area contributed by atoms with Gasteiger partial charge in [-0.1, -0.05) is 54.6 Å². The molecule has 35 heavy (non-hydrogen) atoms. The summed E-state index contributed by atoms with van der Waals surface area (Å²) in [5.41, 5.74) is 3.62. The van der Waals surface area contributed by atoms with Crippen LogP contribution < -0.4 is 16.0 Å². The summed E-state index contributed by atoms with van der Waals surface area (Å²) in [6, 6.07) is 21.7. The lowest BCUT2D eigenvalue weighted by Gasteiger charge is -2.30. The summed E-state index contributed by atoms with van der Waals surface area (Å²) >= 11 is 0. The number of nitrogens with zero attached hydrogens (tertiary/aromatic N) is 3. The molecule has 2 aromatic heterocycles. The fourth-order valence-electron chi connectivity index (χ4n) is 5.10. The van der Waals surface area contributed by atoms with Gasteiger partial charge in [-0.15, -0.1) is 0 Å². The topological polar surface area (TPSA) is 58.2 Å². The standard InChI is InChI=1S/C28H22FN3O3/c1-16-10-4-5-11-17(16)23-22-24(30(2)28(34)31(3)27(22)33)25-26(18-12-6-7-13-19(18)29)35-21-15-9-8-14-20(21)32(23)25/h4-15,26H,1-3H3/t26-/m0/s1. The van der Waals surface area contributed by atoms with Gasteiger partial charge in [0.05, 0.1) is 28.0 Å². The molecule has 0 radical (unpaired) electrons. The molecule has 174 valence electrons. The zero-order valence-corrected chi connectivity index (χ0v) is 19.4. The normalized spacial score (nSPS) is 14.5. The summed E-state index contributed by atoms with van der Waals surface area (Å²) in [7, 11) is 3.10. The average molecular weight is 468 g/mol. The molecule has 0 saturated heterocycles. The van der Waals surface area contributed by atoms with Crippen LogP contribution in [-0.4, -0.2) is 13.7 Å². The van der Waals surface area contributed by atoms with Crippen LogP contribution in [0.5, 0.6) is 5.75 Å². The summed E-state index contributed by atoms with van der Waals surface area (Å²) < 4.78 is 26.1. The third kappa shape index (κ3) is 2.87. The van der Waals surface area contributed by atoms with E-state index >= 15 is 4.39 Å². The maximum Gasteiger partial charge on any atom is 0.331 e. The molecule has 1 atom stereocenters. The molecule has 0 spiro atoms. The Bertz CT molecular complexity index is 1780. The first-order valence-electron chi connectivity index (χ1n) is 11.3. The van der Waals surface area contributed by atoms with Gasteiger partial charge in [-0.25, -0.2) is 9.18 Å². The van der Waals surface area contributed by atoms with Gasteiger partial charge in [-0.05, 0) is 30.7 Å². The van der Waals surface area contributed by atoms with E-state index in [-0.39, 0.29) is 0 Å². The molecule has 1 aliphatic rings. The lowest BCUT2D eigenvalue weighted by Crippen LogP contribution is -2.37. The molecule has 1 aliphatic heterocycles. The van der Waals surface area contributed by atoms with Crippen LogP contribution in [0.25, 0.3) is 27.8 Å². The van der Waals surface area contributed by atoms with Crippen LogP contribution in [-0.2, 0) is 14.1 Å². The lowest BCUT2D eigenvalue weighted by atomic mass is 10.0. The fourth-order valence-corrected chi connectivity index (χ4v) is 5.10. The van der Waals surface area contributed by atoms with E-state index in [9.17, 15) is 9.59 Å². The number of benzene rings is 3. The maximum atomic E-state index is 15.1. The first-order chi connectivity index (χ1) is 16.9. The highest BCUT2D eigenvalue weighted by Gasteiger charge is 2.37. The van der Waals surface area contributed by atoms with Gasteiger partial charge in [0.1, 0.15) is 11.6 Å². The molecule has 3 aromatic carbocycles. The number of halogens is 1. The summed E-state index contributed by atoms with van der Waals surface area (Å²) in [6.07, 6.45) is -0.871. The van der Waals surface area contributed by atoms with Gasteiger partial charge in [0.15, 0.2) is 6.10 Å². The Morgan fingerprint density at radius 2 is 1.54 bits per heavy atom. The number of fused-ring (bicyclic) bond motifs is 5. The Hall–Kier alpha value is -4.39. The van der Waals surface area contributed by atoms with Crippen LogP contribution in [0.2, 0.25) is 0 Å². The van der Waals surface area contributed by atoms with Crippen LogP contribution in [0, 0.1) is 12.7 Å². The molecule has 6 nitrogen and oxygen atoms in total. The Kier molecular flexibility index (Phi) is 4.57. The monoisotopic (exact) mass is 467 g/mol. The summed E-state index contributed by atoms with van der Waals surface area (Å²) in [5.74, 6) is 0.134. The molecule has 0 aliphatic carbocycles. The van der Waals surface area contributed by atoms with Crippen molar-refractivity contribution in [1.29, 1.82) is 0 Å². The number of hydrogen-bond donors (Lipinski definition) is 0. The van der Waals surface area contributed by atoms with Crippen molar-refractivity contribution in [3.8, 4) is 22.7 Å². The highest BCUT2D eigenvalue weighted by Crippen LogP contribution is 2.47. The van der Waals surface area contributed by atoms with Gasteiger partial charge in [-0.2, -0.15) is 0 Å². The van der Waals surface area contributed by atoms with Crippen LogP contribution in [0.1, 0.15) is 22.9 Å². The Balaban J connectivity index is 1.90. The predicted octanol–water partition coefficient (Wildman–Crippen LogP) is 4.62. The minimum atomic E-state index is -0.871. The predicted molar refractivity (Wildman–Crippen MR) is 133 cm³/mol. The number of aromatic nitrogens is 3. The number of aryl methyl sites for hydroxylation is 2. The fraction of sp³-hybridized carbons (Fsp3) is 0.143. The smallest absolute Gasteiger partial charge is 0.331 e. The second-order valence-corrected chi connectivity index (χ2v) is 8.80. The molecule has 6 rings (SSSR count). The van der Waals surface area contributed by atoms with E-state index in [1.807, 2.05) is 60.0 Å². The van der Waals surface area contributed by atoms with Gasteiger partial charge < -0.3 is 9.30 Å². The Morgan fingerprint density at radius 3 is 2.31 bits per heavy atom. The van der Waals surface area contributed by atoms with Crippen molar-refractivity contribution in [1.82, 2.24) is 13.7 Å². The Morgan fingerprint density at radius 1 is 0.857 bits per heavy atom. The number of rotatable bonds is 2. The quantitative estimate of drug-likeness (QED) is 0.381. The van der Waals surface area contributed by atoms with Crippen LogP contribution in [0.4, 0.5) is 4.39 Å². The SMILES string of the molecule is Cc1ccccc1-c1c2c(=O)n(C)c(=O)n(C)c2c2n1-c1ccccc1O[C@H]2c1ccccc1F. The van der Waals surface area contributed by atoms with Gasteiger partial charge in [0, 0.05) is 25.2 Å². The van der Waals surface area contributed by atoms with Gasteiger partial charge in [0.25, 0.3) is 5.56 Å². The van der Waals surface area contributed by atoms with E-state index in [2.05, 4.69) is 0 Å². The molecule has 5 aromatic rings.